The Hall–Kier alpha value is -4.10. The van der Waals surface area contributed by atoms with Crippen molar-refractivity contribution < 1.29 is 14.3 Å². The molecule has 154 valence electrons. The highest BCUT2D eigenvalue weighted by atomic mass is 16.4. The summed E-state index contributed by atoms with van der Waals surface area (Å²) in [5.74, 6) is -0.734. The Morgan fingerprint density at radius 2 is 2.03 bits per heavy atom. The van der Waals surface area contributed by atoms with Crippen LogP contribution >= 0.6 is 0 Å². The van der Waals surface area contributed by atoms with Crippen molar-refractivity contribution in [3.63, 3.8) is 0 Å². The van der Waals surface area contributed by atoms with Crippen LogP contribution in [0.15, 0.2) is 50.7 Å². The molecule has 0 saturated heterocycles. The third-order valence-electron chi connectivity index (χ3n) is 5.64. The fraction of sp³-hybridized carbons (Fsp3) is 0.227. The molecule has 1 saturated carbocycles. The lowest BCUT2D eigenvalue weighted by molar-refractivity contribution is 0.0697. The van der Waals surface area contributed by atoms with Gasteiger partial charge in [-0.05, 0) is 54.7 Å². The van der Waals surface area contributed by atoms with Crippen molar-refractivity contribution in [1.29, 1.82) is 5.53 Å². The molecule has 5 rings (SSSR count). The van der Waals surface area contributed by atoms with Crippen LogP contribution in [0.4, 0.5) is 0 Å². The zero-order chi connectivity index (χ0) is 21.7. The molecule has 4 aromatic rings. The second kappa shape index (κ2) is 7.00. The molecule has 1 aliphatic carbocycles. The minimum absolute atomic E-state index is 0.00443. The Morgan fingerprint density at radius 3 is 2.68 bits per heavy atom. The normalized spacial score (nSPS) is 13.5. The predicted octanol–water partition coefficient (Wildman–Crippen LogP) is 4.20. The smallest absolute Gasteiger partial charge is 0.335 e. The van der Waals surface area contributed by atoms with E-state index >= 15 is 0 Å². The van der Waals surface area contributed by atoms with Crippen LogP contribution in [0.5, 0.6) is 0 Å². The second-order valence-electron chi connectivity index (χ2n) is 7.61. The third-order valence-corrected chi connectivity index (χ3v) is 5.64. The highest BCUT2D eigenvalue weighted by Crippen LogP contribution is 2.40. The Balaban J connectivity index is 1.79. The Labute approximate surface area is 175 Å². The number of rotatable bonds is 5. The summed E-state index contributed by atoms with van der Waals surface area (Å²) >= 11 is 0. The van der Waals surface area contributed by atoms with Crippen LogP contribution < -0.4 is 10.5 Å². The van der Waals surface area contributed by atoms with Gasteiger partial charge in [0.15, 0.2) is 17.6 Å². The van der Waals surface area contributed by atoms with E-state index in [0.29, 0.717) is 5.58 Å². The minimum atomic E-state index is -0.974. The number of aryl methyl sites for hydroxylation is 1. The van der Waals surface area contributed by atoms with Crippen molar-refractivity contribution in [3.8, 4) is 11.1 Å². The van der Waals surface area contributed by atoms with E-state index in [4.69, 9.17) is 15.1 Å². The van der Waals surface area contributed by atoms with Crippen LogP contribution in [0.3, 0.4) is 0 Å². The zero-order valence-corrected chi connectivity index (χ0v) is 16.6. The number of carbonyl (C=O) groups is 1. The van der Waals surface area contributed by atoms with Gasteiger partial charge in [0.05, 0.1) is 11.1 Å². The highest BCUT2D eigenvalue weighted by molar-refractivity contribution is 6.04. The van der Waals surface area contributed by atoms with Crippen LogP contribution in [-0.2, 0) is 6.54 Å². The van der Waals surface area contributed by atoms with Gasteiger partial charge in [0.2, 0.25) is 10.8 Å². The molecule has 0 unspecified atom stereocenters. The summed E-state index contributed by atoms with van der Waals surface area (Å²) in [6, 6.07) is 10.7. The molecule has 9 nitrogen and oxygen atoms in total. The van der Waals surface area contributed by atoms with Crippen LogP contribution in [0.2, 0.25) is 0 Å². The average molecular weight is 416 g/mol. The van der Waals surface area contributed by atoms with Crippen molar-refractivity contribution in [2.75, 3.05) is 0 Å². The lowest BCUT2D eigenvalue weighted by Crippen LogP contribution is -2.20. The Morgan fingerprint density at radius 1 is 1.29 bits per heavy atom. The fourth-order valence-corrected chi connectivity index (χ4v) is 4.05. The van der Waals surface area contributed by atoms with E-state index in [9.17, 15) is 9.59 Å². The first-order chi connectivity index (χ1) is 15.0. The average Bonchev–Trinajstić information content (AvgIpc) is 3.51. The van der Waals surface area contributed by atoms with Crippen molar-refractivity contribution in [2.45, 2.75) is 32.4 Å². The maximum Gasteiger partial charge on any atom is 0.335 e. The maximum atomic E-state index is 13.3. The molecular formula is C22H18N5O4+. The largest absolute Gasteiger partial charge is 0.478 e. The van der Waals surface area contributed by atoms with Crippen LogP contribution in [0.1, 0.15) is 40.7 Å². The minimum Gasteiger partial charge on any atom is -0.478 e. The first-order valence-electron chi connectivity index (χ1n) is 9.83. The molecule has 1 aliphatic rings. The number of nitrogens with one attached hydrogen (secondary N) is 1. The van der Waals surface area contributed by atoms with Crippen LogP contribution in [0.25, 0.3) is 33.1 Å². The quantitative estimate of drug-likeness (QED) is 0.371. The standard InChI is InChI=1S/C22H17N5O4/c1-11-15(12-2-4-13(5-3-12)22(29)30)8-9-16-19(11)27(14-6-7-14)21(28)18-20(16)31-17(25-18)10-24-26-23/h2-5,8-9,14,23H,6-7,10H2,1H3/p+1. The van der Waals surface area contributed by atoms with Gasteiger partial charge in [-0.1, -0.05) is 18.2 Å². The number of carboxylic acids is 1. The molecule has 0 aliphatic heterocycles. The number of benzene rings is 2. The number of aromatic nitrogens is 2. The molecule has 2 aromatic heterocycles. The molecule has 0 atom stereocenters. The van der Waals surface area contributed by atoms with E-state index in [1.165, 1.54) is 0 Å². The molecule has 0 amide bonds. The van der Waals surface area contributed by atoms with Crippen molar-refractivity contribution in [2.24, 2.45) is 5.11 Å². The van der Waals surface area contributed by atoms with E-state index in [0.717, 1.165) is 40.4 Å². The van der Waals surface area contributed by atoms with Crippen molar-refractivity contribution >= 4 is 28.0 Å². The van der Waals surface area contributed by atoms with Crippen LogP contribution in [-0.4, -0.2) is 20.6 Å². The van der Waals surface area contributed by atoms with Gasteiger partial charge < -0.3 is 14.1 Å². The van der Waals surface area contributed by atoms with E-state index in [1.807, 2.05) is 19.1 Å². The van der Waals surface area contributed by atoms with Gasteiger partial charge in [0.1, 0.15) is 10.6 Å². The summed E-state index contributed by atoms with van der Waals surface area (Å²) < 4.78 is 7.64. The van der Waals surface area contributed by atoms with Gasteiger partial charge in [0.25, 0.3) is 5.56 Å². The molecule has 9 heteroatoms. The van der Waals surface area contributed by atoms with Crippen molar-refractivity contribution in [1.82, 2.24) is 14.5 Å². The molecule has 31 heavy (non-hydrogen) atoms. The number of carboxylic acid groups (broad SMARTS) is 1. The van der Waals surface area contributed by atoms with Gasteiger partial charge in [0, 0.05) is 11.4 Å². The summed E-state index contributed by atoms with van der Waals surface area (Å²) in [7, 11) is 0. The lowest BCUT2D eigenvalue weighted by atomic mass is 9.96. The van der Waals surface area contributed by atoms with E-state index in [-0.39, 0.29) is 35.1 Å². The lowest BCUT2D eigenvalue weighted by Gasteiger charge is -2.15. The maximum absolute atomic E-state index is 13.3. The Kier molecular flexibility index (Phi) is 4.27. The van der Waals surface area contributed by atoms with Crippen LogP contribution in [0, 0.1) is 12.5 Å². The van der Waals surface area contributed by atoms with Gasteiger partial charge in [-0.25, -0.2) is 9.78 Å². The second-order valence-corrected chi connectivity index (χ2v) is 7.61. The predicted molar refractivity (Wildman–Crippen MR) is 112 cm³/mol. The number of nitrogens with zero attached hydrogens (tertiary/aromatic N) is 4. The molecule has 0 spiro atoms. The van der Waals surface area contributed by atoms with E-state index in [1.54, 1.807) is 28.8 Å². The summed E-state index contributed by atoms with van der Waals surface area (Å²) in [4.78, 5) is 31.8. The number of aromatic carboxylic acids is 1. The first kappa shape index (κ1) is 18.9. The van der Waals surface area contributed by atoms with Gasteiger partial charge in [-0.15, -0.1) is 0 Å². The number of pyridine rings is 1. The number of hydrogen-bond acceptors (Lipinski definition) is 6. The van der Waals surface area contributed by atoms with Gasteiger partial charge in [-0.2, -0.15) is 0 Å². The van der Waals surface area contributed by atoms with E-state index in [2.05, 4.69) is 15.0 Å². The number of oxazole rings is 1. The highest BCUT2D eigenvalue weighted by Gasteiger charge is 2.30. The summed E-state index contributed by atoms with van der Waals surface area (Å²) in [5.41, 5.74) is 11.0. The summed E-state index contributed by atoms with van der Waals surface area (Å²) in [5, 5.41) is 13.5. The molecule has 0 bridgehead atoms. The molecule has 0 radical (unpaired) electrons. The molecule has 1 fully saturated rings. The summed E-state index contributed by atoms with van der Waals surface area (Å²) in [6.45, 7) is 1.95. The molecular weight excluding hydrogens is 398 g/mol. The molecule has 2 heterocycles. The first-order valence-corrected chi connectivity index (χ1v) is 9.83. The number of fused-ring (bicyclic) bond motifs is 3. The fourth-order valence-electron chi connectivity index (χ4n) is 4.05. The monoisotopic (exact) mass is 416 g/mol. The SMILES string of the molecule is Cc1c(-c2ccc(C(=O)O)cc2)ccc2c3oc(CN=[N+]=N)nc3c(=O)n(C3CC3)c12. The molecule has 2 N–H and O–H groups in total. The zero-order valence-electron chi connectivity index (χ0n) is 16.6. The third kappa shape index (κ3) is 3.03. The molecule has 2 aromatic carbocycles. The van der Waals surface area contributed by atoms with Gasteiger partial charge >= 0.3 is 5.97 Å². The van der Waals surface area contributed by atoms with Gasteiger partial charge in [-0.3, -0.25) is 4.79 Å². The van der Waals surface area contributed by atoms with Crippen molar-refractivity contribution in [3.05, 3.63) is 63.8 Å². The summed E-state index contributed by atoms with van der Waals surface area (Å²) in [6.07, 6.45) is 1.85. The van der Waals surface area contributed by atoms with E-state index < -0.39 is 5.97 Å². The topological polar surface area (TPSA) is 136 Å². The number of hydrogen-bond donors (Lipinski definition) is 2. The Bertz CT molecular complexity index is 1470.